The molecule has 2 aliphatic rings. The van der Waals surface area contributed by atoms with Crippen molar-refractivity contribution in [3.8, 4) is 0 Å². The van der Waals surface area contributed by atoms with Crippen molar-refractivity contribution >= 4 is 71.0 Å². The number of piperidine rings is 1. The van der Waals surface area contributed by atoms with Crippen LogP contribution in [0.25, 0.3) is 0 Å². The highest BCUT2D eigenvalue weighted by Gasteiger charge is 2.45. The zero-order valence-electron chi connectivity index (χ0n) is 59.7. The topological polar surface area (TPSA) is 299 Å². The molecule has 3 aromatic rings. The summed E-state index contributed by atoms with van der Waals surface area (Å²) in [5.74, 6) is -10.2. The van der Waals surface area contributed by atoms with Crippen LogP contribution in [0.15, 0.2) is 91.0 Å². The molecule has 13 amide bonds. The van der Waals surface area contributed by atoms with Crippen LogP contribution in [-0.2, 0) is 72.0 Å². The summed E-state index contributed by atoms with van der Waals surface area (Å²) in [5.41, 5.74) is 2.25. The summed E-state index contributed by atoms with van der Waals surface area (Å²) >= 11 is 0. The van der Waals surface area contributed by atoms with Crippen molar-refractivity contribution in [2.75, 3.05) is 62.4 Å². The number of aliphatic hydroxyl groups is 1. The monoisotopic (exact) mass is 1350 g/mol. The van der Waals surface area contributed by atoms with Gasteiger partial charge in [-0.15, -0.1) is 0 Å². The molecular weight excluding hydrogens is 1240 g/mol. The van der Waals surface area contributed by atoms with Gasteiger partial charge in [0.05, 0.1) is 6.10 Å². The SMILES string of the molecule is CC(C)CC1C(=O)N(C)C(Cc2ccccc2)C(=O)NC(C)C(=O)N(C)C(Cc2ccccc2)C(=O)N(C)C(C(C)C)C(=O)NC([C@@H](C)O)C(=O)N(C)C(=O)N(C)C(CC(C)C)C(=O)N[C@H](C(=O)N2CCCCC2)C(=O)N(C)[C@@H](C)C(=O)NC(CCCc2ccccc2)C(=O)N1C. The first-order valence-electron chi connectivity index (χ1n) is 33.9. The van der Waals surface area contributed by atoms with Gasteiger partial charge < -0.3 is 60.7 Å². The van der Waals surface area contributed by atoms with Gasteiger partial charge in [-0.25, -0.2) is 4.79 Å². The van der Waals surface area contributed by atoms with Crippen LogP contribution in [0.5, 0.6) is 0 Å². The Morgan fingerprint density at radius 3 is 1.46 bits per heavy atom. The van der Waals surface area contributed by atoms with Gasteiger partial charge in [0.2, 0.25) is 47.3 Å². The van der Waals surface area contributed by atoms with Gasteiger partial charge in [0.25, 0.3) is 17.7 Å². The maximum atomic E-state index is 15.4. The van der Waals surface area contributed by atoms with E-state index in [1.807, 2.05) is 44.2 Å². The van der Waals surface area contributed by atoms with Crippen molar-refractivity contribution in [2.45, 2.75) is 193 Å². The zero-order chi connectivity index (χ0) is 72.3. The maximum Gasteiger partial charge on any atom is 0.326 e. The van der Waals surface area contributed by atoms with Gasteiger partial charge in [-0.3, -0.25) is 57.6 Å². The van der Waals surface area contributed by atoms with Crippen LogP contribution in [0.2, 0.25) is 0 Å². The van der Waals surface area contributed by atoms with E-state index in [4.69, 9.17) is 0 Å². The van der Waals surface area contributed by atoms with Crippen molar-refractivity contribution < 1.29 is 62.6 Å². The minimum Gasteiger partial charge on any atom is -0.391 e. The van der Waals surface area contributed by atoms with E-state index in [9.17, 15) is 38.7 Å². The van der Waals surface area contributed by atoms with Crippen molar-refractivity contribution in [1.29, 1.82) is 0 Å². The Labute approximate surface area is 572 Å². The van der Waals surface area contributed by atoms with Crippen LogP contribution in [0.4, 0.5) is 4.79 Å². The molecule has 5 N–H and O–H groups in total. The fraction of sp³-hybridized carbons (Fsp3) is 0.583. The summed E-state index contributed by atoms with van der Waals surface area (Å²) in [4.78, 5) is 188. The Kier molecular flexibility index (Phi) is 29.8. The van der Waals surface area contributed by atoms with E-state index >= 15 is 24.0 Å². The first kappa shape index (κ1) is 79.0. The number of aliphatic hydroxyl groups excluding tert-OH is 1. The number of amides is 13. The lowest BCUT2D eigenvalue weighted by atomic mass is 9.97. The number of imide groups is 1. The Bertz CT molecular complexity index is 3200. The third-order valence-corrected chi connectivity index (χ3v) is 18.6. The quantitative estimate of drug-likeness (QED) is 0.136. The largest absolute Gasteiger partial charge is 0.391 e. The van der Waals surface area contributed by atoms with Crippen molar-refractivity contribution in [3.63, 3.8) is 0 Å². The summed E-state index contributed by atoms with van der Waals surface area (Å²) in [7, 11) is 9.27. The predicted molar refractivity (Wildman–Crippen MR) is 367 cm³/mol. The Balaban J connectivity index is 1.69. The molecule has 0 aromatic heterocycles. The predicted octanol–water partition coefficient (Wildman–Crippen LogP) is 3.64. The van der Waals surface area contributed by atoms with E-state index in [0.717, 1.165) is 33.7 Å². The summed E-state index contributed by atoms with van der Waals surface area (Å²) in [6.45, 7) is 15.2. The average molecular weight is 1350 g/mol. The number of benzene rings is 3. The lowest BCUT2D eigenvalue weighted by Gasteiger charge is -2.38. The molecule has 0 spiro atoms. The minimum atomic E-state index is -1.94. The molecule has 2 fully saturated rings. The number of carbonyl (C=O) groups excluding carboxylic acids is 12. The fourth-order valence-electron chi connectivity index (χ4n) is 12.5. The smallest absolute Gasteiger partial charge is 0.326 e. The van der Waals surface area contributed by atoms with E-state index in [-0.39, 0.29) is 57.0 Å². The van der Waals surface area contributed by atoms with Gasteiger partial charge in [-0.1, -0.05) is 133 Å². The van der Waals surface area contributed by atoms with Crippen LogP contribution in [-0.4, -0.2) is 244 Å². The number of aryl methyl sites for hydroxylation is 1. The van der Waals surface area contributed by atoms with Crippen LogP contribution >= 0.6 is 0 Å². The van der Waals surface area contributed by atoms with E-state index < -0.39 is 143 Å². The third-order valence-electron chi connectivity index (χ3n) is 18.6. The molecule has 25 heteroatoms. The third kappa shape index (κ3) is 21.1. The second-order valence-electron chi connectivity index (χ2n) is 27.3. The highest BCUT2D eigenvalue weighted by atomic mass is 16.3. The second-order valence-corrected chi connectivity index (χ2v) is 27.3. The molecule has 532 valence electrons. The highest BCUT2D eigenvalue weighted by Crippen LogP contribution is 2.24. The van der Waals surface area contributed by atoms with Gasteiger partial charge in [-0.2, -0.15) is 0 Å². The molecule has 25 nitrogen and oxygen atoms in total. The van der Waals surface area contributed by atoms with Gasteiger partial charge >= 0.3 is 6.03 Å². The highest BCUT2D eigenvalue weighted by molar-refractivity contribution is 6.09. The molecule has 0 aliphatic carbocycles. The van der Waals surface area contributed by atoms with Crippen LogP contribution < -0.4 is 21.3 Å². The number of hydrogen-bond donors (Lipinski definition) is 5. The van der Waals surface area contributed by atoms with Crippen LogP contribution in [0.1, 0.15) is 124 Å². The molecule has 11 atom stereocenters. The summed E-state index contributed by atoms with van der Waals surface area (Å²) < 4.78 is 0. The van der Waals surface area contributed by atoms with E-state index in [1.165, 1.54) is 82.7 Å². The van der Waals surface area contributed by atoms with Gasteiger partial charge in [-0.05, 0) is 107 Å². The molecule has 5 rings (SSSR count). The number of carbonyl (C=O) groups is 12. The standard InChI is InChI=1S/C72H106N12O13/c1-44(2)40-54-63(88)76-59(71(96)84-38-27-20-28-39-84)70(95)77(10)48(8)61(86)74-53(37-29-36-50-30-21-17-22-31-50)66(91)80(13)56(41-45(3)4)67(92)78(11)55(42-51-32-23-18-24-33-51)62(87)73-47(7)65(90)79(12)57(43-52-34-25-19-26-35-52)68(93)82(15)60(46(5)6)64(89)75-58(49(9)85)69(94)83(16)72(97)81(54)14/h17-19,21-26,30-35,44-49,53-60,85H,20,27-29,36-43H2,1-16H3,(H,73,87)(H,74,86)(H,75,89)(H,76,88)/t47?,48-,49+,53?,54?,55?,56?,57?,58?,59-,60?/m0/s1. The van der Waals surface area contributed by atoms with Crippen molar-refractivity contribution in [1.82, 2.24) is 60.5 Å². The average Bonchev–Trinajstić information content (AvgIpc) is 0.825. The molecule has 0 radical (unpaired) electrons. The minimum absolute atomic E-state index is 0.0452. The maximum absolute atomic E-state index is 15.4. The van der Waals surface area contributed by atoms with Gasteiger partial charge in [0.1, 0.15) is 54.4 Å². The first-order chi connectivity index (χ1) is 45.7. The Morgan fingerprint density at radius 2 is 0.948 bits per heavy atom. The molecular formula is C72H106N12O13. The van der Waals surface area contributed by atoms with Crippen LogP contribution in [0, 0.1) is 17.8 Å². The van der Waals surface area contributed by atoms with E-state index in [2.05, 4.69) is 21.3 Å². The number of likely N-dealkylation sites (N-methyl/N-ethyl adjacent to an activating group) is 7. The molecule has 3 aromatic carbocycles. The van der Waals surface area contributed by atoms with E-state index in [0.29, 0.717) is 41.7 Å². The Hall–Kier alpha value is -8.74. The Morgan fingerprint density at radius 1 is 0.474 bits per heavy atom. The van der Waals surface area contributed by atoms with Crippen molar-refractivity contribution in [3.05, 3.63) is 108 Å². The molecule has 2 saturated heterocycles. The molecule has 2 heterocycles. The number of hydrogen-bond acceptors (Lipinski definition) is 13. The number of nitrogens with zero attached hydrogens (tertiary/aromatic N) is 8. The molecule has 97 heavy (non-hydrogen) atoms. The first-order valence-corrected chi connectivity index (χ1v) is 33.9. The molecule has 0 bridgehead atoms. The lowest BCUT2D eigenvalue weighted by Crippen LogP contribution is -2.64. The number of rotatable bonds is 15. The van der Waals surface area contributed by atoms with Gasteiger partial charge in [0, 0.05) is 75.3 Å². The summed E-state index contributed by atoms with van der Waals surface area (Å²) in [6, 6.07) is 11.6. The summed E-state index contributed by atoms with van der Waals surface area (Å²) in [5, 5.41) is 22.1. The number of likely N-dealkylation sites (tertiary alicyclic amines) is 1. The summed E-state index contributed by atoms with van der Waals surface area (Å²) in [6.07, 6.45) is 1.22. The molecule has 2 aliphatic heterocycles. The molecule has 8 unspecified atom stereocenters. The van der Waals surface area contributed by atoms with Crippen molar-refractivity contribution in [2.24, 2.45) is 17.8 Å². The van der Waals surface area contributed by atoms with Crippen LogP contribution in [0.3, 0.4) is 0 Å². The van der Waals surface area contributed by atoms with Gasteiger partial charge in [0.15, 0.2) is 6.04 Å². The fourth-order valence-corrected chi connectivity index (χ4v) is 12.5. The normalized spacial score (nSPS) is 25.1. The van der Waals surface area contributed by atoms with E-state index in [1.54, 1.807) is 88.4 Å². The molecule has 0 saturated carbocycles. The second kappa shape index (κ2) is 36.6. The zero-order valence-corrected chi connectivity index (χ0v) is 59.7. The number of nitrogens with one attached hydrogen (secondary N) is 4. The number of urea groups is 1. The lowest BCUT2D eigenvalue weighted by molar-refractivity contribution is -0.151.